The molecule has 0 saturated carbocycles. The number of Topliss-reactive ketones (excluding diaryl/α,β-unsaturated/α-hetero) is 1. The summed E-state index contributed by atoms with van der Waals surface area (Å²) in [6.07, 6.45) is 4.71. The van der Waals surface area contributed by atoms with Gasteiger partial charge in [0.15, 0.2) is 6.29 Å². The van der Waals surface area contributed by atoms with E-state index in [1.54, 1.807) is 0 Å². The Morgan fingerprint density at radius 2 is 2.29 bits per heavy atom. The fourth-order valence-electron chi connectivity index (χ4n) is 1.90. The Hall–Kier alpha value is -1.18. The topological polar surface area (TPSA) is 34.1 Å². The van der Waals surface area contributed by atoms with Gasteiger partial charge in [0, 0.05) is 0 Å². The number of hydrogen-bond donors (Lipinski definition) is 0. The van der Waals surface area contributed by atoms with E-state index in [2.05, 4.69) is 6.58 Å². The van der Waals surface area contributed by atoms with E-state index >= 15 is 0 Å². The van der Waals surface area contributed by atoms with Gasteiger partial charge in [-0.1, -0.05) is 23.8 Å². The summed E-state index contributed by atoms with van der Waals surface area (Å²) < 4.78 is 0. The zero-order valence-electron chi connectivity index (χ0n) is 8.80. The number of allylic oxidation sites excluding steroid dienone is 3. The summed E-state index contributed by atoms with van der Waals surface area (Å²) in [6.45, 7) is 7.71. The minimum absolute atomic E-state index is 0.325. The van der Waals surface area contributed by atoms with E-state index in [0.717, 1.165) is 18.4 Å². The highest BCUT2D eigenvalue weighted by atomic mass is 16.2. The molecular formula is C12H16O2. The molecule has 0 heterocycles. The second-order valence-corrected chi connectivity index (χ2v) is 4.10. The summed E-state index contributed by atoms with van der Waals surface area (Å²) in [7, 11) is 0. The van der Waals surface area contributed by atoms with Crippen molar-refractivity contribution in [3.63, 3.8) is 0 Å². The summed E-state index contributed by atoms with van der Waals surface area (Å²) in [4.78, 5) is 22.2. The van der Waals surface area contributed by atoms with E-state index in [0.29, 0.717) is 12.7 Å². The van der Waals surface area contributed by atoms with Crippen LogP contribution >= 0.6 is 0 Å². The third kappa shape index (κ3) is 1.69. The molecule has 0 aliphatic heterocycles. The predicted octanol–water partition coefficient (Wildman–Crippen LogP) is 2.45. The standard InChI is InChI=1S/C12H16O2/c1-9(2)12(11(14)8-13)6-4-10(3)5-7-12/h4,8H,1,5-7H2,2-3H3. The second kappa shape index (κ2) is 3.91. The predicted molar refractivity (Wildman–Crippen MR) is 55.9 cm³/mol. The lowest BCUT2D eigenvalue weighted by Gasteiger charge is -2.33. The van der Waals surface area contributed by atoms with Crippen molar-refractivity contribution in [2.24, 2.45) is 5.41 Å². The smallest absolute Gasteiger partial charge is 0.205 e. The van der Waals surface area contributed by atoms with Crippen LogP contribution < -0.4 is 0 Å². The molecule has 0 saturated heterocycles. The lowest BCUT2D eigenvalue weighted by atomic mass is 9.68. The van der Waals surface area contributed by atoms with E-state index in [-0.39, 0.29) is 5.78 Å². The molecule has 2 nitrogen and oxygen atoms in total. The average molecular weight is 192 g/mol. The highest BCUT2D eigenvalue weighted by molar-refractivity contribution is 6.28. The van der Waals surface area contributed by atoms with Crippen LogP contribution in [0.2, 0.25) is 0 Å². The zero-order valence-corrected chi connectivity index (χ0v) is 8.80. The Balaban J connectivity index is 3.02. The van der Waals surface area contributed by atoms with Gasteiger partial charge in [-0.2, -0.15) is 0 Å². The number of aldehydes is 1. The van der Waals surface area contributed by atoms with Gasteiger partial charge in [0.25, 0.3) is 0 Å². The molecule has 0 amide bonds. The number of rotatable bonds is 3. The molecule has 0 bridgehead atoms. The maximum atomic E-state index is 11.6. The van der Waals surface area contributed by atoms with Crippen molar-refractivity contribution >= 4 is 12.1 Å². The Bertz CT molecular complexity index is 312. The summed E-state index contributed by atoms with van der Waals surface area (Å²) in [6, 6.07) is 0. The molecule has 76 valence electrons. The van der Waals surface area contributed by atoms with Crippen LogP contribution in [0.15, 0.2) is 23.8 Å². The summed E-state index contributed by atoms with van der Waals surface area (Å²) >= 11 is 0. The molecule has 0 radical (unpaired) electrons. The van der Waals surface area contributed by atoms with Crippen LogP contribution in [0.4, 0.5) is 0 Å². The van der Waals surface area contributed by atoms with Crippen molar-refractivity contribution in [1.82, 2.24) is 0 Å². The molecule has 14 heavy (non-hydrogen) atoms. The Kier molecular flexibility index (Phi) is 3.04. The fourth-order valence-corrected chi connectivity index (χ4v) is 1.90. The van der Waals surface area contributed by atoms with Gasteiger partial charge in [0.05, 0.1) is 5.41 Å². The molecule has 1 aliphatic rings. The molecule has 0 fully saturated rings. The molecule has 1 atom stereocenters. The summed E-state index contributed by atoms with van der Waals surface area (Å²) in [5, 5.41) is 0. The molecule has 1 aliphatic carbocycles. The molecule has 2 heteroatoms. The van der Waals surface area contributed by atoms with Crippen molar-refractivity contribution in [3.05, 3.63) is 23.8 Å². The summed E-state index contributed by atoms with van der Waals surface area (Å²) in [5.74, 6) is -0.325. The van der Waals surface area contributed by atoms with Gasteiger partial charge >= 0.3 is 0 Å². The molecule has 0 aromatic rings. The molecule has 0 aromatic heterocycles. The van der Waals surface area contributed by atoms with Crippen LogP contribution in [0.5, 0.6) is 0 Å². The first-order chi connectivity index (χ1) is 6.53. The highest BCUT2D eigenvalue weighted by Crippen LogP contribution is 2.41. The number of carbonyl (C=O) groups excluding carboxylic acids is 2. The first kappa shape index (κ1) is 10.9. The third-order valence-electron chi connectivity index (χ3n) is 3.14. The minimum Gasteiger partial charge on any atom is -0.295 e. The maximum absolute atomic E-state index is 11.6. The minimum atomic E-state index is -0.610. The quantitative estimate of drug-likeness (QED) is 0.391. The van der Waals surface area contributed by atoms with Gasteiger partial charge in [-0.05, 0) is 33.1 Å². The first-order valence-corrected chi connectivity index (χ1v) is 4.84. The highest BCUT2D eigenvalue weighted by Gasteiger charge is 2.38. The van der Waals surface area contributed by atoms with Gasteiger partial charge in [0.1, 0.15) is 0 Å². The lowest BCUT2D eigenvalue weighted by Crippen LogP contribution is -2.34. The van der Waals surface area contributed by atoms with E-state index in [1.165, 1.54) is 5.57 Å². The largest absolute Gasteiger partial charge is 0.295 e. The van der Waals surface area contributed by atoms with Crippen LogP contribution in [-0.2, 0) is 9.59 Å². The van der Waals surface area contributed by atoms with Gasteiger partial charge in [-0.15, -0.1) is 0 Å². The SMILES string of the molecule is C=C(C)C1(C(=O)C=O)CC=C(C)CC1. The normalized spacial score (nSPS) is 26.6. The molecule has 1 unspecified atom stereocenters. The number of hydrogen-bond acceptors (Lipinski definition) is 2. The van der Waals surface area contributed by atoms with Gasteiger partial charge < -0.3 is 0 Å². The molecular weight excluding hydrogens is 176 g/mol. The Morgan fingerprint density at radius 3 is 2.64 bits per heavy atom. The average Bonchev–Trinajstić information content (AvgIpc) is 2.18. The van der Waals surface area contributed by atoms with Crippen molar-refractivity contribution < 1.29 is 9.59 Å². The van der Waals surface area contributed by atoms with E-state index in [4.69, 9.17) is 0 Å². The molecule has 0 spiro atoms. The van der Waals surface area contributed by atoms with Gasteiger partial charge in [-0.25, -0.2) is 0 Å². The third-order valence-corrected chi connectivity index (χ3v) is 3.14. The molecule has 1 rings (SSSR count). The van der Waals surface area contributed by atoms with Crippen molar-refractivity contribution in [2.75, 3.05) is 0 Å². The number of carbonyl (C=O) groups is 2. The van der Waals surface area contributed by atoms with Gasteiger partial charge in [0.2, 0.25) is 5.78 Å². The van der Waals surface area contributed by atoms with E-state index < -0.39 is 5.41 Å². The zero-order chi connectivity index (χ0) is 10.8. The van der Waals surface area contributed by atoms with Crippen LogP contribution in [0, 0.1) is 5.41 Å². The number of ketones is 1. The fraction of sp³-hybridized carbons (Fsp3) is 0.500. The van der Waals surface area contributed by atoms with Crippen LogP contribution in [0.1, 0.15) is 33.1 Å². The van der Waals surface area contributed by atoms with Crippen LogP contribution in [-0.4, -0.2) is 12.1 Å². The maximum Gasteiger partial charge on any atom is 0.205 e. The van der Waals surface area contributed by atoms with Crippen LogP contribution in [0.3, 0.4) is 0 Å². The van der Waals surface area contributed by atoms with E-state index in [1.807, 2.05) is 19.9 Å². The van der Waals surface area contributed by atoms with Gasteiger partial charge in [-0.3, -0.25) is 9.59 Å². The Labute approximate surface area is 84.7 Å². The van der Waals surface area contributed by atoms with E-state index in [9.17, 15) is 9.59 Å². The molecule has 0 N–H and O–H groups in total. The lowest BCUT2D eigenvalue weighted by molar-refractivity contribution is -0.135. The Morgan fingerprint density at radius 1 is 1.64 bits per heavy atom. The molecule has 0 aromatic carbocycles. The first-order valence-electron chi connectivity index (χ1n) is 4.84. The summed E-state index contributed by atoms with van der Waals surface area (Å²) in [5.41, 5.74) is 1.49. The monoisotopic (exact) mass is 192 g/mol. The second-order valence-electron chi connectivity index (χ2n) is 4.10. The van der Waals surface area contributed by atoms with Crippen molar-refractivity contribution in [2.45, 2.75) is 33.1 Å². The van der Waals surface area contributed by atoms with Crippen molar-refractivity contribution in [1.29, 1.82) is 0 Å². The van der Waals surface area contributed by atoms with Crippen molar-refractivity contribution in [3.8, 4) is 0 Å². The van der Waals surface area contributed by atoms with Crippen LogP contribution in [0.25, 0.3) is 0 Å².